The molecule has 0 saturated carbocycles. The molecule has 146 valence electrons. The highest BCUT2D eigenvalue weighted by molar-refractivity contribution is 7.13. The van der Waals surface area contributed by atoms with Crippen LogP contribution in [-0.2, 0) is 11.3 Å². The van der Waals surface area contributed by atoms with Gasteiger partial charge in [-0.05, 0) is 23.4 Å². The summed E-state index contributed by atoms with van der Waals surface area (Å²) < 4.78 is 6.75. The van der Waals surface area contributed by atoms with Gasteiger partial charge in [0, 0.05) is 12.1 Å². The topological polar surface area (TPSA) is 99.0 Å². The molecule has 8 nitrogen and oxygen atoms in total. The van der Waals surface area contributed by atoms with E-state index in [0.717, 1.165) is 10.6 Å². The molecule has 0 saturated heterocycles. The minimum absolute atomic E-state index is 0.0838. The Morgan fingerprint density at radius 3 is 2.79 bits per heavy atom. The van der Waals surface area contributed by atoms with Crippen molar-refractivity contribution in [3.05, 3.63) is 58.1 Å². The normalized spacial score (nSPS) is 10.8. The number of ether oxygens (including phenoxy) is 1. The molecule has 0 aromatic carbocycles. The summed E-state index contributed by atoms with van der Waals surface area (Å²) in [6, 6.07) is 8.97. The van der Waals surface area contributed by atoms with Gasteiger partial charge in [0.25, 0.3) is 5.56 Å². The number of nitrogens with one attached hydrogen (secondary N) is 1. The summed E-state index contributed by atoms with van der Waals surface area (Å²) in [5.41, 5.74) is 1.26. The zero-order valence-electron chi connectivity index (χ0n) is 15.7. The summed E-state index contributed by atoms with van der Waals surface area (Å²) >= 11 is 1.59. The summed E-state index contributed by atoms with van der Waals surface area (Å²) in [4.78, 5) is 29.2. The Hall–Kier alpha value is -3.07. The third-order valence-corrected chi connectivity index (χ3v) is 4.79. The number of thiophene rings is 1. The number of carbonyl (C=O) groups excluding carboxylic acids is 1. The van der Waals surface area contributed by atoms with Gasteiger partial charge < -0.3 is 10.1 Å². The van der Waals surface area contributed by atoms with E-state index in [0.29, 0.717) is 18.1 Å². The molecule has 0 aliphatic heterocycles. The predicted molar refractivity (Wildman–Crippen MR) is 106 cm³/mol. The lowest BCUT2D eigenvalue weighted by Crippen LogP contribution is -2.34. The summed E-state index contributed by atoms with van der Waals surface area (Å²) in [7, 11) is 0. The quantitative estimate of drug-likeness (QED) is 0.582. The van der Waals surface area contributed by atoms with Crippen LogP contribution in [0.2, 0.25) is 0 Å². The lowest BCUT2D eigenvalue weighted by molar-refractivity contribution is -0.121. The summed E-state index contributed by atoms with van der Waals surface area (Å²) in [5, 5.41) is 12.8. The van der Waals surface area contributed by atoms with Crippen molar-refractivity contribution in [1.29, 1.82) is 0 Å². The molecular weight excluding hydrogens is 378 g/mol. The zero-order valence-corrected chi connectivity index (χ0v) is 16.5. The van der Waals surface area contributed by atoms with Gasteiger partial charge in [-0.25, -0.2) is 4.98 Å². The first kappa shape index (κ1) is 19.7. The Balaban J connectivity index is 1.42. The molecule has 3 aromatic rings. The lowest BCUT2D eigenvalue weighted by atomic mass is 10.1. The first-order valence-corrected chi connectivity index (χ1v) is 9.74. The van der Waals surface area contributed by atoms with Crippen molar-refractivity contribution in [3.63, 3.8) is 0 Å². The summed E-state index contributed by atoms with van der Waals surface area (Å²) in [5.74, 6) is 0.263. The van der Waals surface area contributed by atoms with Gasteiger partial charge in [0.1, 0.15) is 18.8 Å². The van der Waals surface area contributed by atoms with Gasteiger partial charge in [0.05, 0.1) is 23.4 Å². The fourth-order valence-corrected chi connectivity index (χ4v) is 3.07. The second-order valence-corrected chi connectivity index (χ2v) is 7.31. The zero-order chi connectivity index (χ0) is 19.9. The molecule has 1 amide bonds. The van der Waals surface area contributed by atoms with E-state index < -0.39 is 0 Å². The Kier molecular flexibility index (Phi) is 6.49. The second-order valence-electron chi connectivity index (χ2n) is 6.37. The molecule has 0 bridgehead atoms. The third-order valence-electron chi connectivity index (χ3n) is 3.89. The van der Waals surface area contributed by atoms with Crippen LogP contribution in [0.1, 0.15) is 25.5 Å². The SMILES string of the molecule is CC(C)c1cc(=O)n(CC(=O)NCCOc2ccc(-c3cccs3)nn2)cn1. The third kappa shape index (κ3) is 5.23. The van der Waals surface area contributed by atoms with E-state index in [1.807, 2.05) is 37.4 Å². The molecule has 9 heteroatoms. The van der Waals surface area contributed by atoms with E-state index in [1.54, 1.807) is 17.4 Å². The fourth-order valence-electron chi connectivity index (χ4n) is 2.38. The summed E-state index contributed by atoms with van der Waals surface area (Å²) in [6.07, 6.45) is 1.40. The highest BCUT2D eigenvalue weighted by Crippen LogP contribution is 2.22. The first-order chi connectivity index (χ1) is 13.5. The minimum Gasteiger partial charge on any atom is -0.475 e. The van der Waals surface area contributed by atoms with Crippen molar-refractivity contribution >= 4 is 17.2 Å². The van der Waals surface area contributed by atoms with Gasteiger partial charge in [-0.2, -0.15) is 0 Å². The first-order valence-electron chi connectivity index (χ1n) is 8.86. The standard InChI is InChI=1S/C19H21N5O3S/c1-13(2)15-10-19(26)24(12-21-15)11-17(25)20-7-8-27-18-6-5-14(22-23-18)16-4-3-9-28-16/h3-6,9-10,12-13H,7-8,11H2,1-2H3,(H,20,25). The number of hydrogen-bond donors (Lipinski definition) is 1. The maximum atomic E-state index is 12.0. The van der Waals surface area contributed by atoms with Gasteiger partial charge in [0.15, 0.2) is 0 Å². The summed E-state index contributed by atoms with van der Waals surface area (Å²) in [6.45, 7) is 4.37. The van der Waals surface area contributed by atoms with E-state index >= 15 is 0 Å². The maximum absolute atomic E-state index is 12.0. The maximum Gasteiger partial charge on any atom is 0.254 e. The van der Waals surface area contributed by atoms with Crippen LogP contribution in [0.15, 0.2) is 46.8 Å². The van der Waals surface area contributed by atoms with Crippen LogP contribution < -0.4 is 15.6 Å². The van der Waals surface area contributed by atoms with Crippen LogP contribution in [0.3, 0.4) is 0 Å². The molecule has 0 atom stereocenters. The number of nitrogens with zero attached hydrogens (tertiary/aromatic N) is 4. The largest absolute Gasteiger partial charge is 0.475 e. The number of aromatic nitrogens is 4. The molecule has 0 radical (unpaired) electrons. The molecule has 0 spiro atoms. The number of rotatable bonds is 8. The average molecular weight is 399 g/mol. The smallest absolute Gasteiger partial charge is 0.254 e. The molecule has 0 aliphatic rings. The Bertz CT molecular complexity index is 968. The van der Waals surface area contributed by atoms with Gasteiger partial charge in [-0.15, -0.1) is 21.5 Å². The Morgan fingerprint density at radius 2 is 2.14 bits per heavy atom. The van der Waals surface area contributed by atoms with E-state index in [2.05, 4.69) is 20.5 Å². The molecule has 3 rings (SSSR count). The molecule has 0 aliphatic carbocycles. The van der Waals surface area contributed by atoms with Gasteiger partial charge >= 0.3 is 0 Å². The van der Waals surface area contributed by atoms with Crippen LogP contribution in [0, 0.1) is 0 Å². The fraction of sp³-hybridized carbons (Fsp3) is 0.316. The van der Waals surface area contributed by atoms with Crippen LogP contribution in [0.25, 0.3) is 10.6 Å². The molecule has 1 N–H and O–H groups in total. The number of amides is 1. The molecule has 3 aromatic heterocycles. The number of carbonyl (C=O) groups is 1. The molecule has 28 heavy (non-hydrogen) atoms. The van der Waals surface area contributed by atoms with Crippen molar-refractivity contribution in [2.75, 3.05) is 13.2 Å². The Labute approximate surface area is 166 Å². The van der Waals surface area contributed by atoms with Crippen molar-refractivity contribution in [3.8, 4) is 16.5 Å². The second kappa shape index (κ2) is 9.23. The number of hydrogen-bond acceptors (Lipinski definition) is 7. The van der Waals surface area contributed by atoms with E-state index in [9.17, 15) is 9.59 Å². The van der Waals surface area contributed by atoms with Crippen molar-refractivity contribution < 1.29 is 9.53 Å². The van der Waals surface area contributed by atoms with Gasteiger partial charge in [-0.3, -0.25) is 14.2 Å². The van der Waals surface area contributed by atoms with Crippen molar-refractivity contribution in [1.82, 2.24) is 25.1 Å². The van der Waals surface area contributed by atoms with Crippen molar-refractivity contribution in [2.24, 2.45) is 0 Å². The van der Waals surface area contributed by atoms with Gasteiger partial charge in [-0.1, -0.05) is 19.9 Å². The molecular formula is C19H21N5O3S. The molecule has 3 heterocycles. The van der Waals surface area contributed by atoms with Crippen molar-refractivity contribution in [2.45, 2.75) is 26.3 Å². The lowest BCUT2D eigenvalue weighted by Gasteiger charge is -2.09. The molecule has 0 unspecified atom stereocenters. The Morgan fingerprint density at radius 1 is 1.29 bits per heavy atom. The van der Waals surface area contributed by atoms with E-state index in [-0.39, 0.29) is 30.5 Å². The van der Waals surface area contributed by atoms with Crippen LogP contribution in [-0.4, -0.2) is 38.8 Å². The van der Waals surface area contributed by atoms with Crippen LogP contribution in [0.4, 0.5) is 0 Å². The monoisotopic (exact) mass is 399 g/mol. The highest BCUT2D eigenvalue weighted by atomic mass is 32.1. The predicted octanol–water partition coefficient (Wildman–Crippen LogP) is 2.08. The molecule has 0 fully saturated rings. The van der Waals surface area contributed by atoms with Crippen LogP contribution in [0.5, 0.6) is 5.88 Å². The van der Waals surface area contributed by atoms with E-state index in [1.165, 1.54) is 17.0 Å². The van der Waals surface area contributed by atoms with Crippen LogP contribution >= 0.6 is 11.3 Å². The van der Waals surface area contributed by atoms with Gasteiger partial charge in [0.2, 0.25) is 11.8 Å². The van der Waals surface area contributed by atoms with E-state index in [4.69, 9.17) is 4.74 Å². The highest BCUT2D eigenvalue weighted by Gasteiger charge is 2.08. The minimum atomic E-state index is -0.288. The average Bonchev–Trinajstić information content (AvgIpc) is 3.22.